The van der Waals surface area contributed by atoms with Gasteiger partial charge in [0.05, 0.1) is 11.3 Å². The fourth-order valence-corrected chi connectivity index (χ4v) is 1.99. The average molecular weight is 377 g/mol. The third-order valence-corrected chi connectivity index (χ3v) is 3.05. The minimum absolute atomic E-state index is 0.102. The van der Waals surface area contributed by atoms with Crippen LogP contribution in [0.15, 0.2) is 18.2 Å². The predicted molar refractivity (Wildman–Crippen MR) is 80.5 cm³/mol. The summed E-state index contributed by atoms with van der Waals surface area (Å²) in [5, 5.41) is 11.7. The first-order chi connectivity index (χ1) is 9.04. The van der Waals surface area contributed by atoms with E-state index in [1.54, 1.807) is 12.1 Å². The van der Waals surface area contributed by atoms with E-state index in [2.05, 4.69) is 5.32 Å². The molecular formula is C13H16INO4. The van der Waals surface area contributed by atoms with Crippen LogP contribution in [-0.2, 0) is 9.53 Å². The lowest BCUT2D eigenvalue weighted by Gasteiger charge is -2.09. The van der Waals surface area contributed by atoms with E-state index in [9.17, 15) is 9.59 Å². The molecular weight excluding hydrogens is 361 g/mol. The summed E-state index contributed by atoms with van der Waals surface area (Å²) in [5.41, 5.74) is 0.430. The SMILES string of the molecule is CCOCCCC(=O)Nc1ccc(I)cc1C(=O)O. The number of amides is 1. The molecule has 1 amide bonds. The van der Waals surface area contributed by atoms with Crippen molar-refractivity contribution in [3.05, 3.63) is 27.3 Å². The Kier molecular flexibility index (Phi) is 6.79. The fourth-order valence-electron chi connectivity index (χ4n) is 1.49. The molecule has 0 aliphatic rings. The van der Waals surface area contributed by atoms with E-state index in [0.29, 0.717) is 31.7 Å². The Balaban J connectivity index is 2.61. The Bertz CT molecular complexity index is 462. The van der Waals surface area contributed by atoms with Crippen LogP contribution in [0, 0.1) is 3.57 Å². The maximum atomic E-state index is 11.7. The minimum atomic E-state index is -1.05. The number of hydrogen-bond donors (Lipinski definition) is 2. The zero-order valence-electron chi connectivity index (χ0n) is 10.6. The first-order valence-electron chi connectivity index (χ1n) is 5.95. The molecule has 0 atom stereocenters. The summed E-state index contributed by atoms with van der Waals surface area (Å²) < 4.78 is 5.95. The van der Waals surface area contributed by atoms with Crippen LogP contribution < -0.4 is 5.32 Å². The molecule has 1 aromatic rings. The van der Waals surface area contributed by atoms with Gasteiger partial charge in [-0.05, 0) is 54.1 Å². The van der Waals surface area contributed by atoms with Crippen molar-refractivity contribution in [2.75, 3.05) is 18.5 Å². The zero-order valence-corrected chi connectivity index (χ0v) is 12.8. The first-order valence-corrected chi connectivity index (χ1v) is 7.03. The van der Waals surface area contributed by atoms with Crippen molar-refractivity contribution in [3.63, 3.8) is 0 Å². The summed E-state index contributed by atoms with van der Waals surface area (Å²) in [6.07, 6.45) is 0.928. The number of benzene rings is 1. The van der Waals surface area contributed by atoms with E-state index >= 15 is 0 Å². The smallest absolute Gasteiger partial charge is 0.337 e. The van der Waals surface area contributed by atoms with Gasteiger partial charge in [-0.25, -0.2) is 4.79 Å². The number of carboxylic acids is 1. The van der Waals surface area contributed by atoms with Gasteiger partial charge in [0, 0.05) is 23.2 Å². The summed E-state index contributed by atoms with van der Waals surface area (Å²) in [6.45, 7) is 3.05. The van der Waals surface area contributed by atoms with Crippen molar-refractivity contribution >= 4 is 40.2 Å². The van der Waals surface area contributed by atoms with Crippen LogP contribution in [0.2, 0.25) is 0 Å². The highest BCUT2D eigenvalue weighted by atomic mass is 127. The zero-order chi connectivity index (χ0) is 14.3. The molecule has 0 spiro atoms. The first kappa shape index (κ1) is 15.9. The number of ether oxygens (including phenoxy) is 1. The van der Waals surface area contributed by atoms with Crippen molar-refractivity contribution in [3.8, 4) is 0 Å². The molecule has 1 rings (SSSR count). The molecule has 0 fully saturated rings. The summed E-state index contributed by atoms with van der Waals surface area (Å²) >= 11 is 2.03. The highest BCUT2D eigenvalue weighted by molar-refractivity contribution is 14.1. The molecule has 104 valence electrons. The van der Waals surface area contributed by atoms with Crippen LogP contribution in [0.25, 0.3) is 0 Å². The molecule has 0 aromatic heterocycles. The van der Waals surface area contributed by atoms with Crippen LogP contribution in [-0.4, -0.2) is 30.2 Å². The Labute approximate surface area is 125 Å². The third kappa shape index (κ3) is 5.56. The van der Waals surface area contributed by atoms with Gasteiger partial charge in [-0.15, -0.1) is 0 Å². The highest BCUT2D eigenvalue weighted by Crippen LogP contribution is 2.19. The number of rotatable bonds is 7. The molecule has 0 radical (unpaired) electrons. The van der Waals surface area contributed by atoms with Crippen molar-refractivity contribution in [2.24, 2.45) is 0 Å². The Morgan fingerprint density at radius 1 is 1.42 bits per heavy atom. The Morgan fingerprint density at radius 2 is 2.16 bits per heavy atom. The number of halogens is 1. The van der Waals surface area contributed by atoms with Crippen molar-refractivity contribution in [2.45, 2.75) is 19.8 Å². The second kappa shape index (κ2) is 8.11. The Morgan fingerprint density at radius 3 is 2.79 bits per heavy atom. The fraction of sp³-hybridized carbons (Fsp3) is 0.385. The molecule has 0 saturated heterocycles. The maximum Gasteiger partial charge on any atom is 0.337 e. The van der Waals surface area contributed by atoms with Gasteiger partial charge in [-0.1, -0.05) is 0 Å². The molecule has 6 heteroatoms. The van der Waals surface area contributed by atoms with Crippen LogP contribution in [0.1, 0.15) is 30.1 Å². The van der Waals surface area contributed by atoms with Crippen molar-refractivity contribution < 1.29 is 19.4 Å². The molecule has 19 heavy (non-hydrogen) atoms. The van der Waals surface area contributed by atoms with Crippen LogP contribution in [0.4, 0.5) is 5.69 Å². The molecule has 2 N–H and O–H groups in total. The Hall–Kier alpha value is -1.15. The van der Waals surface area contributed by atoms with Crippen molar-refractivity contribution in [1.29, 1.82) is 0 Å². The molecule has 1 aromatic carbocycles. The molecule has 0 bridgehead atoms. The van der Waals surface area contributed by atoms with Gasteiger partial charge < -0.3 is 15.2 Å². The van der Waals surface area contributed by atoms with E-state index in [0.717, 1.165) is 3.57 Å². The molecule has 0 saturated carbocycles. The van der Waals surface area contributed by atoms with E-state index in [4.69, 9.17) is 9.84 Å². The summed E-state index contributed by atoms with van der Waals surface area (Å²) in [6, 6.07) is 4.88. The van der Waals surface area contributed by atoms with Crippen molar-refractivity contribution in [1.82, 2.24) is 0 Å². The molecule has 0 unspecified atom stereocenters. The lowest BCUT2D eigenvalue weighted by molar-refractivity contribution is -0.116. The topological polar surface area (TPSA) is 75.6 Å². The molecule has 0 aliphatic heterocycles. The molecule has 0 aliphatic carbocycles. The lowest BCUT2D eigenvalue weighted by Crippen LogP contribution is -2.15. The lowest BCUT2D eigenvalue weighted by atomic mass is 10.1. The van der Waals surface area contributed by atoms with E-state index in [-0.39, 0.29) is 11.5 Å². The maximum absolute atomic E-state index is 11.7. The number of anilines is 1. The largest absolute Gasteiger partial charge is 0.478 e. The summed E-state index contributed by atoms with van der Waals surface area (Å²) in [4.78, 5) is 22.8. The van der Waals surface area contributed by atoms with Gasteiger partial charge in [0.15, 0.2) is 0 Å². The number of carbonyl (C=O) groups excluding carboxylic acids is 1. The second-order valence-electron chi connectivity index (χ2n) is 3.84. The normalized spacial score (nSPS) is 10.2. The van der Waals surface area contributed by atoms with Gasteiger partial charge in [-0.2, -0.15) is 0 Å². The van der Waals surface area contributed by atoms with Gasteiger partial charge in [0.1, 0.15) is 0 Å². The summed E-state index contributed by atoms with van der Waals surface area (Å²) in [5.74, 6) is -1.26. The highest BCUT2D eigenvalue weighted by Gasteiger charge is 2.12. The monoisotopic (exact) mass is 377 g/mol. The van der Waals surface area contributed by atoms with E-state index < -0.39 is 5.97 Å². The number of nitrogens with one attached hydrogen (secondary N) is 1. The van der Waals surface area contributed by atoms with Gasteiger partial charge in [0.25, 0.3) is 0 Å². The minimum Gasteiger partial charge on any atom is -0.478 e. The standard InChI is InChI=1S/C13H16INO4/c1-2-19-7-3-4-12(16)15-11-6-5-9(14)8-10(11)13(17)18/h5-6,8H,2-4,7H2,1H3,(H,15,16)(H,17,18). The van der Waals surface area contributed by atoms with E-state index in [1.165, 1.54) is 6.07 Å². The quantitative estimate of drug-likeness (QED) is 0.566. The number of carboxylic acid groups (broad SMARTS) is 1. The second-order valence-corrected chi connectivity index (χ2v) is 5.09. The third-order valence-electron chi connectivity index (χ3n) is 2.38. The van der Waals surface area contributed by atoms with Gasteiger partial charge in [0.2, 0.25) is 5.91 Å². The van der Waals surface area contributed by atoms with Gasteiger partial charge >= 0.3 is 5.97 Å². The number of carbonyl (C=O) groups is 2. The van der Waals surface area contributed by atoms with Gasteiger partial charge in [-0.3, -0.25) is 4.79 Å². The molecule has 0 heterocycles. The summed E-state index contributed by atoms with van der Waals surface area (Å²) in [7, 11) is 0. The predicted octanol–water partition coefficient (Wildman–Crippen LogP) is 2.74. The van der Waals surface area contributed by atoms with E-state index in [1.807, 2.05) is 29.5 Å². The van der Waals surface area contributed by atoms with Crippen LogP contribution in [0.5, 0.6) is 0 Å². The van der Waals surface area contributed by atoms with Crippen LogP contribution in [0.3, 0.4) is 0 Å². The molecule has 5 nitrogen and oxygen atoms in total. The average Bonchev–Trinajstić information content (AvgIpc) is 2.36. The van der Waals surface area contributed by atoms with Crippen LogP contribution >= 0.6 is 22.6 Å². The number of hydrogen-bond acceptors (Lipinski definition) is 3. The number of aromatic carboxylic acids is 1.